The number of piperidine rings is 1. The van der Waals surface area contributed by atoms with Gasteiger partial charge in [-0.05, 0) is 44.4 Å². The van der Waals surface area contributed by atoms with Crippen molar-refractivity contribution in [3.8, 4) is 0 Å². The van der Waals surface area contributed by atoms with Gasteiger partial charge in [-0.25, -0.2) is 0 Å². The van der Waals surface area contributed by atoms with Crippen molar-refractivity contribution in [1.29, 1.82) is 0 Å². The first-order valence-corrected chi connectivity index (χ1v) is 7.26. The van der Waals surface area contributed by atoms with Crippen molar-refractivity contribution in [2.45, 2.75) is 76.9 Å². The standard InChI is InChI=1S/C14H26N2O/c1-3-11(4-2)16-14(17)9-10-7-12-5-6-13(8-10)15-12/h10-13,15H,3-9H2,1-2H3,(H,16,17). The van der Waals surface area contributed by atoms with E-state index in [1.165, 1.54) is 25.7 Å². The van der Waals surface area contributed by atoms with Crippen LogP contribution in [0.4, 0.5) is 0 Å². The molecule has 2 unspecified atom stereocenters. The second-order valence-electron chi connectivity index (χ2n) is 5.76. The van der Waals surface area contributed by atoms with Crippen LogP contribution in [-0.2, 0) is 4.79 Å². The number of nitrogens with one attached hydrogen (secondary N) is 2. The zero-order valence-corrected chi connectivity index (χ0v) is 11.2. The van der Waals surface area contributed by atoms with Gasteiger partial charge in [-0.2, -0.15) is 0 Å². The summed E-state index contributed by atoms with van der Waals surface area (Å²) in [5.41, 5.74) is 0. The minimum absolute atomic E-state index is 0.269. The summed E-state index contributed by atoms with van der Waals surface area (Å²) in [4.78, 5) is 11.9. The molecule has 2 saturated heterocycles. The van der Waals surface area contributed by atoms with Crippen molar-refractivity contribution in [2.24, 2.45) is 5.92 Å². The van der Waals surface area contributed by atoms with Gasteiger partial charge in [0.15, 0.2) is 0 Å². The van der Waals surface area contributed by atoms with Gasteiger partial charge >= 0.3 is 0 Å². The predicted molar refractivity (Wildman–Crippen MR) is 69.8 cm³/mol. The predicted octanol–water partition coefficient (Wildman–Crippen LogP) is 2.21. The van der Waals surface area contributed by atoms with Gasteiger partial charge in [0.1, 0.15) is 0 Å². The molecule has 2 aliphatic heterocycles. The average Bonchev–Trinajstić information content (AvgIpc) is 2.65. The highest BCUT2D eigenvalue weighted by molar-refractivity contribution is 5.76. The average molecular weight is 238 g/mol. The maximum Gasteiger partial charge on any atom is 0.220 e. The van der Waals surface area contributed by atoms with Crippen molar-refractivity contribution in [1.82, 2.24) is 10.6 Å². The topological polar surface area (TPSA) is 41.1 Å². The van der Waals surface area contributed by atoms with Crippen molar-refractivity contribution < 1.29 is 4.79 Å². The molecule has 2 aliphatic rings. The first-order chi connectivity index (χ1) is 8.21. The maximum absolute atomic E-state index is 11.9. The number of hydrogen-bond acceptors (Lipinski definition) is 2. The second-order valence-corrected chi connectivity index (χ2v) is 5.76. The monoisotopic (exact) mass is 238 g/mol. The van der Waals surface area contributed by atoms with E-state index in [1.54, 1.807) is 0 Å². The van der Waals surface area contributed by atoms with Gasteiger partial charge in [-0.3, -0.25) is 4.79 Å². The number of carbonyl (C=O) groups is 1. The molecule has 3 heteroatoms. The lowest BCUT2D eigenvalue weighted by Crippen LogP contribution is -2.41. The Labute approximate surface area is 105 Å². The molecule has 2 N–H and O–H groups in total. The van der Waals surface area contributed by atoms with E-state index < -0.39 is 0 Å². The molecule has 0 aromatic rings. The molecule has 0 radical (unpaired) electrons. The van der Waals surface area contributed by atoms with Crippen LogP contribution in [0.15, 0.2) is 0 Å². The van der Waals surface area contributed by atoms with E-state index in [4.69, 9.17) is 0 Å². The van der Waals surface area contributed by atoms with Crippen LogP contribution in [0.1, 0.15) is 58.8 Å². The summed E-state index contributed by atoms with van der Waals surface area (Å²) in [6.45, 7) is 4.28. The Bertz CT molecular complexity index is 251. The highest BCUT2D eigenvalue weighted by Crippen LogP contribution is 2.32. The molecule has 2 bridgehead atoms. The molecule has 2 heterocycles. The van der Waals surface area contributed by atoms with Gasteiger partial charge in [0, 0.05) is 24.5 Å². The van der Waals surface area contributed by atoms with Gasteiger partial charge in [0.25, 0.3) is 0 Å². The summed E-state index contributed by atoms with van der Waals surface area (Å²) < 4.78 is 0. The van der Waals surface area contributed by atoms with Gasteiger partial charge in [0.2, 0.25) is 5.91 Å². The van der Waals surface area contributed by atoms with Crippen molar-refractivity contribution in [3.05, 3.63) is 0 Å². The number of amides is 1. The summed E-state index contributed by atoms with van der Waals surface area (Å²) >= 11 is 0. The highest BCUT2D eigenvalue weighted by Gasteiger charge is 2.34. The van der Waals surface area contributed by atoms with Gasteiger partial charge in [-0.1, -0.05) is 13.8 Å². The number of rotatable bonds is 5. The number of fused-ring (bicyclic) bond motifs is 2. The van der Waals surface area contributed by atoms with Crippen LogP contribution < -0.4 is 10.6 Å². The van der Waals surface area contributed by atoms with Crippen LogP contribution in [-0.4, -0.2) is 24.0 Å². The molecule has 2 fully saturated rings. The Balaban J connectivity index is 1.75. The number of carbonyl (C=O) groups excluding carboxylic acids is 1. The van der Waals surface area contributed by atoms with E-state index in [2.05, 4.69) is 24.5 Å². The van der Waals surface area contributed by atoms with E-state index in [-0.39, 0.29) is 5.91 Å². The van der Waals surface area contributed by atoms with Crippen LogP contribution in [0.2, 0.25) is 0 Å². The van der Waals surface area contributed by atoms with E-state index in [0.717, 1.165) is 19.3 Å². The Morgan fingerprint density at radius 2 is 1.82 bits per heavy atom. The zero-order chi connectivity index (χ0) is 12.3. The summed E-state index contributed by atoms with van der Waals surface area (Å²) in [5, 5.41) is 6.78. The maximum atomic E-state index is 11.9. The molecule has 1 amide bonds. The van der Waals surface area contributed by atoms with Gasteiger partial charge < -0.3 is 10.6 Å². The van der Waals surface area contributed by atoms with Gasteiger partial charge in [-0.15, -0.1) is 0 Å². The molecule has 2 atom stereocenters. The molecular formula is C14H26N2O. The lowest BCUT2D eigenvalue weighted by atomic mass is 9.89. The summed E-state index contributed by atoms with van der Waals surface area (Å²) in [6.07, 6.45) is 7.86. The normalized spacial score (nSPS) is 31.8. The lowest BCUT2D eigenvalue weighted by Gasteiger charge is -2.29. The third-order valence-corrected chi connectivity index (χ3v) is 4.40. The Hall–Kier alpha value is -0.570. The molecule has 3 nitrogen and oxygen atoms in total. The van der Waals surface area contributed by atoms with Crippen molar-refractivity contribution in [3.63, 3.8) is 0 Å². The molecular weight excluding hydrogens is 212 g/mol. The largest absolute Gasteiger partial charge is 0.353 e. The number of hydrogen-bond donors (Lipinski definition) is 2. The lowest BCUT2D eigenvalue weighted by molar-refractivity contribution is -0.123. The molecule has 98 valence electrons. The van der Waals surface area contributed by atoms with Crippen LogP contribution in [0, 0.1) is 5.92 Å². The smallest absolute Gasteiger partial charge is 0.220 e. The fraction of sp³-hybridized carbons (Fsp3) is 0.929. The van der Waals surface area contributed by atoms with E-state index in [0.29, 0.717) is 24.0 Å². The van der Waals surface area contributed by atoms with Crippen LogP contribution >= 0.6 is 0 Å². The quantitative estimate of drug-likeness (QED) is 0.771. The molecule has 0 spiro atoms. The molecule has 2 rings (SSSR count). The van der Waals surface area contributed by atoms with Crippen LogP contribution in [0.5, 0.6) is 0 Å². The van der Waals surface area contributed by atoms with Gasteiger partial charge in [0.05, 0.1) is 0 Å². The van der Waals surface area contributed by atoms with Crippen molar-refractivity contribution in [2.75, 3.05) is 0 Å². The SMILES string of the molecule is CCC(CC)NC(=O)CC1CC2CCC(C1)N2. The summed E-state index contributed by atoms with van der Waals surface area (Å²) in [6, 6.07) is 1.76. The molecule has 0 aromatic carbocycles. The highest BCUT2D eigenvalue weighted by atomic mass is 16.1. The Morgan fingerprint density at radius 1 is 1.24 bits per heavy atom. The first kappa shape index (κ1) is 12.9. The first-order valence-electron chi connectivity index (χ1n) is 7.26. The zero-order valence-electron chi connectivity index (χ0n) is 11.2. The van der Waals surface area contributed by atoms with Crippen LogP contribution in [0.3, 0.4) is 0 Å². The van der Waals surface area contributed by atoms with E-state index in [1.807, 2.05) is 0 Å². The third-order valence-electron chi connectivity index (χ3n) is 4.40. The Kier molecular flexibility index (Phi) is 4.43. The summed E-state index contributed by atoms with van der Waals surface area (Å²) in [5.74, 6) is 0.883. The van der Waals surface area contributed by atoms with E-state index in [9.17, 15) is 4.79 Å². The molecule has 0 aliphatic carbocycles. The third kappa shape index (κ3) is 3.44. The van der Waals surface area contributed by atoms with E-state index >= 15 is 0 Å². The molecule has 17 heavy (non-hydrogen) atoms. The fourth-order valence-electron chi connectivity index (χ4n) is 3.38. The van der Waals surface area contributed by atoms with Crippen LogP contribution in [0.25, 0.3) is 0 Å². The second kappa shape index (κ2) is 5.85. The Morgan fingerprint density at radius 3 is 2.35 bits per heavy atom. The molecule has 0 saturated carbocycles. The molecule has 0 aromatic heterocycles. The minimum atomic E-state index is 0.269. The van der Waals surface area contributed by atoms with Crippen molar-refractivity contribution >= 4 is 5.91 Å². The minimum Gasteiger partial charge on any atom is -0.353 e. The fourth-order valence-corrected chi connectivity index (χ4v) is 3.38. The summed E-state index contributed by atoms with van der Waals surface area (Å²) in [7, 11) is 0.